The van der Waals surface area contributed by atoms with E-state index < -0.39 is 0 Å². The highest BCUT2D eigenvalue weighted by molar-refractivity contribution is 6.31. The van der Waals surface area contributed by atoms with E-state index in [0.29, 0.717) is 10.7 Å². The maximum atomic E-state index is 8.34. The minimum absolute atomic E-state index is 0.515. The van der Waals surface area contributed by atoms with Crippen molar-refractivity contribution < 1.29 is 0 Å². The SMILES string of the molecule is [N-]=[N+]=Nc1cncc2cc(Cl)ccc12. The van der Waals surface area contributed by atoms with Gasteiger partial charge in [0.2, 0.25) is 0 Å². The van der Waals surface area contributed by atoms with Gasteiger partial charge in [0.25, 0.3) is 0 Å². The standard InChI is InChI=1S/C9H5ClN4/c10-7-1-2-8-6(3-7)4-12-5-9(8)13-14-11/h1-5H. The van der Waals surface area contributed by atoms with Gasteiger partial charge in [-0.15, -0.1) is 0 Å². The first-order valence-electron chi connectivity index (χ1n) is 3.89. The van der Waals surface area contributed by atoms with Gasteiger partial charge >= 0.3 is 0 Å². The van der Waals surface area contributed by atoms with Crippen molar-refractivity contribution in [1.29, 1.82) is 0 Å². The van der Waals surface area contributed by atoms with Gasteiger partial charge in [0.1, 0.15) is 0 Å². The van der Waals surface area contributed by atoms with Gasteiger partial charge < -0.3 is 0 Å². The Morgan fingerprint density at radius 2 is 2.21 bits per heavy atom. The molecular formula is C9H5ClN4. The highest BCUT2D eigenvalue weighted by atomic mass is 35.5. The number of nitrogens with zero attached hydrogens (tertiary/aromatic N) is 4. The van der Waals surface area contributed by atoms with E-state index in [1.807, 2.05) is 6.07 Å². The highest BCUT2D eigenvalue weighted by Crippen LogP contribution is 2.26. The molecule has 0 bridgehead atoms. The average Bonchev–Trinajstić information content (AvgIpc) is 2.18. The molecule has 0 unspecified atom stereocenters. The van der Waals surface area contributed by atoms with Crippen LogP contribution in [-0.2, 0) is 0 Å². The van der Waals surface area contributed by atoms with Crippen molar-refractivity contribution in [3.8, 4) is 0 Å². The molecule has 1 heterocycles. The molecule has 1 aromatic carbocycles. The summed E-state index contributed by atoms with van der Waals surface area (Å²) in [6, 6.07) is 5.34. The topological polar surface area (TPSA) is 61.7 Å². The van der Waals surface area contributed by atoms with E-state index in [1.165, 1.54) is 6.20 Å². The smallest absolute Gasteiger partial charge is 0.0637 e. The Hall–Kier alpha value is -1.77. The second kappa shape index (κ2) is 3.54. The van der Waals surface area contributed by atoms with E-state index in [-0.39, 0.29) is 0 Å². The molecule has 5 heteroatoms. The summed E-state index contributed by atoms with van der Waals surface area (Å²) in [5.41, 5.74) is 8.85. The van der Waals surface area contributed by atoms with E-state index >= 15 is 0 Å². The first-order valence-corrected chi connectivity index (χ1v) is 4.27. The normalized spacial score (nSPS) is 9.79. The van der Waals surface area contributed by atoms with Crippen LogP contribution in [0, 0.1) is 0 Å². The maximum Gasteiger partial charge on any atom is 0.0637 e. The lowest BCUT2D eigenvalue weighted by Crippen LogP contribution is -1.76. The largest absolute Gasteiger partial charge is 0.264 e. The first kappa shape index (κ1) is 8.81. The molecule has 0 aliphatic heterocycles. The fourth-order valence-electron chi connectivity index (χ4n) is 1.26. The summed E-state index contributed by atoms with van der Waals surface area (Å²) < 4.78 is 0. The lowest BCUT2D eigenvalue weighted by Gasteiger charge is -2.00. The van der Waals surface area contributed by atoms with Crippen LogP contribution in [0.25, 0.3) is 21.2 Å². The minimum atomic E-state index is 0.515. The van der Waals surface area contributed by atoms with Gasteiger partial charge in [-0.05, 0) is 23.1 Å². The molecule has 0 saturated carbocycles. The predicted molar refractivity (Wildman–Crippen MR) is 55.6 cm³/mol. The molecule has 2 aromatic rings. The second-order valence-corrected chi connectivity index (χ2v) is 3.15. The molecule has 0 radical (unpaired) electrons. The summed E-state index contributed by atoms with van der Waals surface area (Å²) in [7, 11) is 0. The van der Waals surface area contributed by atoms with Gasteiger partial charge in [-0.25, -0.2) is 0 Å². The van der Waals surface area contributed by atoms with Crippen LogP contribution in [0.15, 0.2) is 35.7 Å². The van der Waals surface area contributed by atoms with E-state index in [2.05, 4.69) is 15.0 Å². The third-order valence-corrected chi connectivity index (χ3v) is 2.09. The minimum Gasteiger partial charge on any atom is -0.264 e. The Morgan fingerprint density at radius 1 is 1.36 bits per heavy atom. The van der Waals surface area contributed by atoms with Crippen molar-refractivity contribution in [1.82, 2.24) is 4.98 Å². The van der Waals surface area contributed by atoms with Crippen LogP contribution in [0.5, 0.6) is 0 Å². The molecule has 0 N–H and O–H groups in total. The van der Waals surface area contributed by atoms with Crippen molar-refractivity contribution in [2.75, 3.05) is 0 Å². The van der Waals surface area contributed by atoms with Crippen molar-refractivity contribution >= 4 is 28.1 Å². The molecule has 1 aromatic heterocycles. The zero-order valence-electron chi connectivity index (χ0n) is 7.05. The Bertz CT molecular complexity index is 531. The Kier molecular flexibility index (Phi) is 2.23. The van der Waals surface area contributed by atoms with Crippen LogP contribution in [0.2, 0.25) is 5.02 Å². The molecule has 14 heavy (non-hydrogen) atoms. The Morgan fingerprint density at radius 3 is 3.00 bits per heavy atom. The second-order valence-electron chi connectivity index (χ2n) is 2.71. The molecule has 0 atom stereocenters. The molecule has 0 aliphatic rings. The number of hydrogen-bond donors (Lipinski definition) is 0. The molecule has 0 fully saturated rings. The molecule has 0 spiro atoms. The van der Waals surface area contributed by atoms with Crippen LogP contribution < -0.4 is 0 Å². The van der Waals surface area contributed by atoms with Gasteiger partial charge in [-0.1, -0.05) is 22.8 Å². The Labute approximate surface area is 84.8 Å². The molecule has 2 rings (SSSR count). The summed E-state index contributed by atoms with van der Waals surface area (Å²) >= 11 is 5.82. The van der Waals surface area contributed by atoms with E-state index in [1.54, 1.807) is 18.3 Å². The summed E-state index contributed by atoms with van der Waals surface area (Å²) in [4.78, 5) is 6.68. The van der Waals surface area contributed by atoms with Crippen LogP contribution in [-0.4, -0.2) is 4.98 Å². The molecular weight excluding hydrogens is 200 g/mol. The highest BCUT2D eigenvalue weighted by Gasteiger charge is 1.99. The van der Waals surface area contributed by atoms with Crippen molar-refractivity contribution in [2.24, 2.45) is 5.11 Å². The van der Waals surface area contributed by atoms with Crippen molar-refractivity contribution in [3.63, 3.8) is 0 Å². The van der Waals surface area contributed by atoms with Crippen LogP contribution in [0.3, 0.4) is 0 Å². The number of azide groups is 1. The third-order valence-electron chi connectivity index (χ3n) is 1.85. The quantitative estimate of drug-likeness (QED) is 0.396. The summed E-state index contributed by atoms with van der Waals surface area (Å²) in [5, 5.41) is 5.89. The number of hydrogen-bond acceptors (Lipinski definition) is 2. The predicted octanol–water partition coefficient (Wildman–Crippen LogP) is 3.83. The van der Waals surface area contributed by atoms with E-state index in [4.69, 9.17) is 17.1 Å². The van der Waals surface area contributed by atoms with Crippen LogP contribution in [0.1, 0.15) is 0 Å². The van der Waals surface area contributed by atoms with Gasteiger partial charge in [-0.3, -0.25) is 4.98 Å². The number of benzene rings is 1. The number of halogens is 1. The van der Waals surface area contributed by atoms with Crippen LogP contribution >= 0.6 is 11.6 Å². The van der Waals surface area contributed by atoms with Gasteiger partial charge in [0.05, 0.1) is 5.69 Å². The zero-order valence-corrected chi connectivity index (χ0v) is 7.81. The fraction of sp³-hybridized carbons (Fsp3) is 0. The summed E-state index contributed by atoms with van der Waals surface area (Å²) in [5.74, 6) is 0. The van der Waals surface area contributed by atoms with Gasteiger partial charge in [-0.2, -0.15) is 0 Å². The fourth-order valence-corrected chi connectivity index (χ4v) is 1.44. The molecule has 0 amide bonds. The summed E-state index contributed by atoms with van der Waals surface area (Å²) in [6.45, 7) is 0. The molecule has 0 aliphatic carbocycles. The number of aromatic nitrogens is 1. The number of fused-ring (bicyclic) bond motifs is 1. The summed E-state index contributed by atoms with van der Waals surface area (Å²) in [6.07, 6.45) is 3.20. The van der Waals surface area contributed by atoms with Crippen molar-refractivity contribution in [2.45, 2.75) is 0 Å². The first-order chi connectivity index (χ1) is 6.81. The van der Waals surface area contributed by atoms with Gasteiger partial charge in [0, 0.05) is 27.7 Å². The molecule has 0 saturated heterocycles. The molecule has 68 valence electrons. The number of pyridine rings is 1. The van der Waals surface area contributed by atoms with Crippen LogP contribution in [0.4, 0.5) is 5.69 Å². The number of rotatable bonds is 1. The lowest BCUT2D eigenvalue weighted by atomic mass is 10.1. The zero-order chi connectivity index (χ0) is 9.97. The van der Waals surface area contributed by atoms with E-state index in [0.717, 1.165) is 10.8 Å². The Balaban J connectivity index is 2.81. The average molecular weight is 205 g/mol. The lowest BCUT2D eigenvalue weighted by molar-refractivity contribution is 1.33. The van der Waals surface area contributed by atoms with E-state index in [9.17, 15) is 0 Å². The van der Waals surface area contributed by atoms with Crippen molar-refractivity contribution in [3.05, 3.63) is 46.1 Å². The molecule has 4 nitrogen and oxygen atoms in total. The van der Waals surface area contributed by atoms with Gasteiger partial charge in [0.15, 0.2) is 0 Å². The third kappa shape index (κ3) is 1.48. The monoisotopic (exact) mass is 204 g/mol. The maximum absolute atomic E-state index is 8.34.